The molecule has 0 N–H and O–H groups in total. The van der Waals surface area contributed by atoms with E-state index >= 15 is 0 Å². The third kappa shape index (κ3) is 4.77. The molecule has 0 saturated carbocycles. The fourth-order valence-corrected chi connectivity index (χ4v) is 8.03. The first-order valence-electron chi connectivity index (χ1n) is 12.9. The Morgan fingerprint density at radius 1 is 0.892 bits per heavy atom. The van der Waals surface area contributed by atoms with Crippen molar-refractivity contribution in [1.29, 1.82) is 0 Å². The second kappa shape index (κ2) is 10.1. The highest BCUT2D eigenvalue weighted by Gasteiger charge is 2.31. The molecule has 1 fully saturated rings. The van der Waals surface area contributed by atoms with E-state index in [0.717, 1.165) is 42.5 Å². The highest BCUT2D eigenvalue weighted by Crippen LogP contribution is 2.39. The molecule has 6 rings (SSSR count). The van der Waals surface area contributed by atoms with Gasteiger partial charge in [-0.25, -0.2) is 18.4 Å². The molecule has 37 heavy (non-hydrogen) atoms. The van der Waals surface area contributed by atoms with E-state index < -0.39 is 10.0 Å². The van der Waals surface area contributed by atoms with Crippen LogP contribution in [0.2, 0.25) is 0 Å². The lowest BCUT2D eigenvalue weighted by atomic mass is 10.0. The number of likely N-dealkylation sites (N-methyl/N-ethyl adjacent to an activating group) is 1. The van der Waals surface area contributed by atoms with Crippen LogP contribution in [0.1, 0.15) is 28.8 Å². The summed E-state index contributed by atoms with van der Waals surface area (Å²) < 4.78 is 28.0. The van der Waals surface area contributed by atoms with Gasteiger partial charge in [-0.15, -0.1) is 11.3 Å². The average molecular weight is 534 g/mol. The summed E-state index contributed by atoms with van der Waals surface area (Å²) in [5, 5.41) is 1.17. The van der Waals surface area contributed by atoms with E-state index in [1.807, 2.05) is 24.3 Å². The molecule has 0 radical (unpaired) electrons. The Hall–Kier alpha value is -2.85. The molecule has 2 aromatic carbocycles. The number of nitrogens with zero attached hydrogens (tertiary/aromatic N) is 5. The standard InChI is InChI=1S/C28H31N5O2S2/c1-2-31-14-13-23-24(20-31)36-28-26(23)27(29-25(30-28)19-21-9-5-3-6-10-21)32-15-17-33(18-16-32)37(34,35)22-11-7-4-8-12-22/h3-12H,2,13-20H2,1H3. The van der Waals surface area contributed by atoms with Crippen molar-refractivity contribution in [2.45, 2.75) is 31.2 Å². The van der Waals surface area contributed by atoms with Gasteiger partial charge in [0, 0.05) is 50.6 Å². The molecule has 0 atom stereocenters. The number of hydrogen-bond acceptors (Lipinski definition) is 7. The van der Waals surface area contributed by atoms with Gasteiger partial charge in [0.25, 0.3) is 0 Å². The van der Waals surface area contributed by atoms with E-state index in [1.165, 1.54) is 21.4 Å². The van der Waals surface area contributed by atoms with Crippen LogP contribution in [0.25, 0.3) is 10.2 Å². The van der Waals surface area contributed by atoms with Crippen LogP contribution in [0.4, 0.5) is 5.82 Å². The van der Waals surface area contributed by atoms with Gasteiger partial charge in [-0.1, -0.05) is 55.5 Å². The van der Waals surface area contributed by atoms with E-state index in [4.69, 9.17) is 9.97 Å². The smallest absolute Gasteiger partial charge is 0.243 e. The first-order valence-corrected chi connectivity index (χ1v) is 15.2. The molecule has 0 unspecified atom stereocenters. The minimum Gasteiger partial charge on any atom is -0.353 e. The Morgan fingerprint density at radius 3 is 2.30 bits per heavy atom. The maximum absolute atomic E-state index is 13.2. The zero-order valence-electron chi connectivity index (χ0n) is 21.0. The van der Waals surface area contributed by atoms with Gasteiger partial charge in [-0.3, -0.25) is 4.90 Å². The zero-order chi connectivity index (χ0) is 25.4. The highest BCUT2D eigenvalue weighted by molar-refractivity contribution is 7.89. The lowest BCUT2D eigenvalue weighted by Crippen LogP contribution is -2.49. The summed E-state index contributed by atoms with van der Waals surface area (Å²) in [4.78, 5) is 17.7. The van der Waals surface area contributed by atoms with Crippen LogP contribution in [0.5, 0.6) is 0 Å². The molecule has 0 spiro atoms. The van der Waals surface area contributed by atoms with E-state index in [0.29, 0.717) is 37.5 Å². The minimum atomic E-state index is -3.50. The van der Waals surface area contributed by atoms with Gasteiger partial charge in [-0.2, -0.15) is 4.31 Å². The number of sulfonamides is 1. The molecule has 0 bridgehead atoms. The molecule has 4 aromatic rings. The quantitative estimate of drug-likeness (QED) is 0.371. The number of hydrogen-bond donors (Lipinski definition) is 0. The van der Waals surface area contributed by atoms with E-state index in [-0.39, 0.29) is 0 Å². The van der Waals surface area contributed by atoms with Crippen molar-refractivity contribution in [1.82, 2.24) is 19.2 Å². The van der Waals surface area contributed by atoms with Crippen LogP contribution in [-0.2, 0) is 29.4 Å². The fraction of sp³-hybridized carbons (Fsp3) is 0.357. The van der Waals surface area contributed by atoms with Crippen molar-refractivity contribution in [3.05, 3.63) is 82.5 Å². The van der Waals surface area contributed by atoms with Gasteiger partial charge in [0.15, 0.2) is 0 Å². The Bertz CT molecular complexity index is 1500. The van der Waals surface area contributed by atoms with Crippen LogP contribution in [-0.4, -0.2) is 66.9 Å². The molecule has 0 amide bonds. The van der Waals surface area contributed by atoms with Crippen molar-refractivity contribution in [3.8, 4) is 0 Å². The van der Waals surface area contributed by atoms with Crippen LogP contribution in [0.15, 0.2) is 65.6 Å². The average Bonchev–Trinajstić information content (AvgIpc) is 3.31. The maximum atomic E-state index is 13.2. The van der Waals surface area contributed by atoms with Gasteiger partial charge in [0.05, 0.1) is 10.3 Å². The molecule has 4 heterocycles. The summed E-state index contributed by atoms with van der Waals surface area (Å²) in [6.45, 7) is 7.35. The summed E-state index contributed by atoms with van der Waals surface area (Å²) in [6, 6.07) is 19.1. The number of piperazine rings is 1. The predicted octanol–water partition coefficient (Wildman–Crippen LogP) is 4.17. The summed E-state index contributed by atoms with van der Waals surface area (Å²) in [5.74, 6) is 1.79. The number of thiophene rings is 1. The predicted molar refractivity (Wildman–Crippen MR) is 149 cm³/mol. The topological polar surface area (TPSA) is 69.6 Å². The maximum Gasteiger partial charge on any atom is 0.243 e. The molecule has 2 aliphatic heterocycles. The largest absolute Gasteiger partial charge is 0.353 e. The van der Waals surface area contributed by atoms with Gasteiger partial charge >= 0.3 is 0 Å². The van der Waals surface area contributed by atoms with Gasteiger partial charge in [0.2, 0.25) is 10.0 Å². The molecule has 2 aliphatic rings. The molecule has 0 aliphatic carbocycles. The molecule has 9 heteroatoms. The normalized spacial score (nSPS) is 17.3. The Balaban J connectivity index is 1.34. The van der Waals surface area contributed by atoms with Gasteiger partial charge in [-0.05, 0) is 36.2 Å². The van der Waals surface area contributed by atoms with E-state index in [2.05, 4.69) is 28.9 Å². The third-order valence-corrected chi connectivity index (χ3v) is 10.4. The summed E-state index contributed by atoms with van der Waals surface area (Å²) in [7, 11) is -3.50. The zero-order valence-corrected chi connectivity index (χ0v) is 22.6. The highest BCUT2D eigenvalue weighted by atomic mass is 32.2. The first kappa shape index (κ1) is 24.5. The van der Waals surface area contributed by atoms with Crippen LogP contribution in [0.3, 0.4) is 0 Å². The lowest BCUT2D eigenvalue weighted by Gasteiger charge is -2.35. The molecule has 2 aromatic heterocycles. The number of aromatic nitrogens is 2. The van der Waals surface area contributed by atoms with Crippen LogP contribution >= 0.6 is 11.3 Å². The molecule has 7 nitrogen and oxygen atoms in total. The minimum absolute atomic E-state index is 0.352. The number of rotatable bonds is 6. The van der Waals surface area contributed by atoms with Crippen molar-refractivity contribution in [2.75, 3.05) is 44.2 Å². The summed E-state index contributed by atoms with van der Waals surface area (Å²) in [6.07, 6.45) is 1.68. The van der Waals surface area contributed by atoms with Crippen LogP contribution in [0, 0.1) is 0 Å². The Morgan fingerprint density at radius 2 is 1.59 bits per heavy atom. The van der Waals surface area contributed by atoms with Crippen LogP contribution < -0.4 is 4.90 Å². The van der Waals surface area contributed by atoms with Crippen molar-refractivity contribution < 1.29 is 8.42 Å². The molecule has 1 saturated heterocycles. The number of benzene rings is 2. The molecule has 192 valence electrons. The fourth-order valence-electron chi connectivity index (χ4n) is 5.31. The lowest BCUT2D eigenvalue weighted by molar-refractivity contribution is 0.272. The van der Waals surface area contributed by atoms with Gasteiger partial charge < -0.3 is 4.90 Å². The summed E-state index contributed by atoms with van der Waals surface area (Å²) in [5.41, 5.74) is 2.57. The Kier molecular flexibility index (Phi) is 6.71. The summed E-state index contributed by atoms with van der Waals surface area (Å²) >= 11 is 1.80. The second-order valence-corrected chi connectivity index (χ2v) is 12.7. The van der Waals surface area contributed by atoms with Gasteiger partial charge in [0.1, 0.15) is 16.5 Å². The monoisotopic (exact) mass is 533 g/mol. The first-order chi connectivity index (χ1) is 18.0. The molecular formula is C28H31N5O2S2. The van der Waals surface area contributed by atoms with E-state index in [1.54, 1.807) is 39.9 Å². The van der Waals surface area contributed by atoms with Crippen molar-refractivity contribution in [2.24, 2.45) is 0 Å². The number of fused-ring (bicyclic) bond motifs is 3. The van der Waals surface area contributed by atoms with E-state index in [9.17, 15) is 8.42 Å². The van der Waals surface area contributed by atoms with Crippen molar-refractivity contribution >= 4 is 37.4 Å². The third-order valence-electron chi connectivity index (χ3n) is 7.38. The second-order valence-electron chi connectivity index (χ2n) is 9.63. The SMILES string of the molecule is CCN1CCc2c(sc3nc(Cc4ccccc4)nc(N4CCN(S(=O)(=O)c5ccccc5)CC4)c23)C1. The Labute approximate surface area is 222 Å². The van der Waals surface area contributed by atoms with Crippen molar-refractivity contribution in [3.63, 3.8) is 0 Å². The molecular weight excluding hydrogens is 502 g/mol. The number of anilines is 1.